The highest BCUT2D eigenvalue weighted by atomic mass is 16.6. The number of esters is 1. The van der Waals surface area contributed by atoms with Gasteiger partial charge in [-0.2, -0.15) is 0 Å². The number of methoxy groups -OCH3 is 2. The normalized spacial score (nSPS) is 9.88. The second-order valence-electron chi connectivity index (χ2n) is 2.80. The fourth-order valence-corrected chi connectivity index (χ4v) is 0.552. The maximum atomic E-state index is 10.3. The number of carbonyl (C=O) groups is 2. The fourth-order valence-electron chi connectivity index (χ4n) is 0.552. The summed E-state index contributed by atoms with van der Waals surface area (Å²) in [4.78, 5) is 19.3. The number of ether oxygens (including phenoxy) is 3. The summed E-state index contributed by atoms with van der Waals surface area (Å²) in [6.07, 6.45) is -0.132. The minimum Gasteiger partial charge on any atom is -0.481 e. The van der Waals surface area contributed by atoms with Gasteiger partial charge in [-0.1, -0.05) is 0 Å². The van der Waals surface area contributed by atoms with Gasteiger partial charge < -0.3 is 19.3 Å². The standard InChI is InChI=1S/C6H12O3.C2H4O2.C2H6O/c1-5(4-8-3)9-6(2)7;1-2(3)4;1-3-2/h5H,4H2,1-3H3;1H3,(H,3,4);1-2H3. The van der Waals surface area contributed by atoms with E-state index in [1.54, 1.807) is 28.3 Å². The van der Waals surface area contributed by atoms with E-state index < -0.39 is 5.97 Å². The molecule has 0 heterocycles. The van der Waals surface area contributed by atoms with E-state index in [1.807, 2.05) is 0 Å². The van der Waals surface area contributed by atoms with Crippen LogP contribution in [0.5, 0.6) is 0 Å². The van der Waals surface area contributed by atoms with Crippen LogP contribution in [-0.4, -0.2) is 51.1 Å². The van der Waals surface area contributed by atoms with Crippen molar-refractivity contribution in [3.05, 3.63) is 0 Å². The molecule has 1 atom stereocenters. The summed E-state index contributed by atoms with van der Waals surface area (Å²) in [7, 11) is 4.82. The van der Waals surface area contributed by atoms with Crippen LogP contribution >= 0.6 is 0 Å². The lowest BCUT2D eigenvalue weighted by Gasteiger charge is -2.08. The van der Waals surface area contributed by atoms with Gasteiger partial charge >= 0.3 is 5.97 Å². The zero-order valence-electron chi connectivity index (χ0n) is 10.8. The summed E-state index contributed by atoms with van der Waals surface area (Å²) in [5.41, 5.74) is 0. The Bertz CT molecular complexity index is 165. The monoisotopic (exact) mass is 238 g/mol. The molecule has 0 radical (unpaired) electrons. The predicted molar refractivity (Wildman–Crippen MR) is 59.3 cm³/mol. The number of carbonyl (C=O) groups excluding carboxylic acids is 1. The van der Waals surface area contributed by atoms with Gasteiger partial charge in [0.15, 0.2) is 0 Å². The molecule has 0 amide bonds. The first-order valence-corrected chi connectivity index (χ1v) is 4.57. The average molecular weight is 238 g/mol. The van der Waals surface area contributed by atoms with Gasteiger partial charge in [0.05, 0.1) is 6.61 Å². The first-order valence-electron chi connectivity index (χ1n) is 4.57. The van der Waals surface area contributed by atoms with E-state index in [0.717, 1.165) is 6.92 Å². The molecule has 0 aromatic carbocycles. The van der Waals surface area contributed by atoms with Gasteiger partial charge in [-0.3, -0.25) is 9.59 Å². The van der Waals surface area contributed by atoms with E-state index in [1.165, 1.54) is 6.92 Å². The molecule has 1 N–H and O–H groups in total. The van der Waals surface area contributed by atoms with Gasteiger partial charge in [0.1, 0.15) is 6.10 Å². The van der Waals surface area contributed by atoms with Crippen molar-refractivity contribution in [2.45, 2.75) is 26.9 Å². The van der Waals surface area contributed by atoms with Crippen molar-refractivity contribution in [2.24, 2.45) is 0 Å². The molecule has 0 aliphatic carbocycles. The largest absolute Gasteiger partial charge is 0.481 e. The van der Waals surface area contributed by atoms with E-state index >= 15 is 0 Å². The number of aliphatic carboxylic acids is 1. The minimum atomic E-state index is -0.833. The van der Waals surface area contributed by atoms with Crippen molar-refractivity contribution in [2.75, 3.05) is 27.9 Å². The van der Waals surface area contributed by atoms with E-state index in [9.17, 15) is 4.79 Å². The Labute approximate surface area is 96.5 Å². The number of carboxylic acids is 1. The molecule has 16 heavy (non-hydrogen) atoms. The van der Waals surface area contributed by atoms with Gasteiger partial charge in [-0.05, 0) is 6.92 Å². The molecule has 0 bridgehead atoms. The molecular weight excluding hydrogens is 216 g/mol. The van der Waals surface area contributed by atoms with E-state index in [2.05, 4.69) is 4.74 Å². The molecule has 0 saturated carbocycles. The predicted octanol–water partition coefficient (Wildman–Crippen LogP) is 0.938. The third-order valence-electron chi connectivity index (χ3n) is 0.769. The molecule has 0 aliphatic heterocycles. The van der Waals surface area contributed by atoms with Gasteiger partial charge in [-0.25, -0.2) is 0 Å². The second-order valence-corrected chi connectivity index (χ2v) is 2.80. The molecular formula is C10H22O6. The van der Waals surface area contributed by atoms with Crippen molar-refractivity contribution in [1.82, 2.24) is 0 Å². The zero-order valence-corrected chi connectivity index (χ0v) is 10.8. The Morgan fingerprint density at radius 3 is 1.69 bits per heavy atom. The Morgan fingerprint density at radius 1 is 1.19 bits per heavy atom. The van der Waals surface area contributed by atoms with Crippen LogP contribution in [0.25, 0.3) is 0 Å². The maximum absolute atomic E-state index is 10.3. The molecule has 6 heteroatoms. The van der Waals surface area contributed by atoms with Crippen LogP contribution in [0.3, 0.4) is 0 Å². The topological polar surface area (TPSA) is 82.1 Å². The molecule has 0 aromatic heterocycles. The SMILES string of the molecule is CC(=O)O.COC.COCC(C)OC(C)=O. The van der Waals surface area contributed by atoms with Crippen LogP contribution in [0.15, 0.2) is 0 Å². The molecule has 1 unspecified atom stereocenters. The summed E-state index contributed by atoms with van der Waals surface area (Å²) in [6, 6.07) is 0. The average Bonchev–Trinajstić information content (AvgIpc) is 2.02. The quantitative estimate of drug-likeness (QED) is 0.737. The van der Waals surface area contributed by atoms with Gasteiger partial charge in [0.25, 0.3) is 5.97 Å². The number of rotatable bonds is 3. The van der Waals surface area contributed by atoms with E-state index in [0.29, 0.717) is 6.61 Å². The maximum Gasteiger partial charge on any atom is 0.302 e. The molecule has 98 valence electrons. The van der Waals surface area contributed by atoms with Gasteiger partial charge in [0, 0.05) is 35.2 Å². The zero-order chi connectivity index (χ0) is 13.6. The van der Waals surface area contributed by atoms with E-state index in [-0.39, 0.29) is 12.1 Å². The molecule has 0 aromatic rings. The highest BCUT2D eigenvalue weighted by Gasteiger charge is 2.02. The summed E-state index contributed by atoms with van der Waals surface area (Å²) < 4.78 is 13.7. The van der Waals surface area contributed by atoms with Crippen LogP contribution in [0.4, 0.5) is 0 Å². The van der Waals surface area contributed by atoms with Crippen molar-refractivity contribution < 1.29 is 28.9 Å². The van der Waals surface area contributed by atoms with E-state index in [4.69, 9.17) is 19.4 Å². The van der Waals surface area contributed by atoms with Gasteiger partial charge in [-0.15, -0.1) is 0 Å². The lowest BCUT2D eigenvalue weighted by Crippen LogP contribution is -2.17. The molecule has 0 fully saturated rings. The lowest BCUT2D eigenvalue weighted by molar-refractivity contribution is -0.147. The number of hydrogen-bond donors (Lipinski definition) is 1. The molecule has 0 spiro atoms. The molecule has 0 saturated heterocycles. The van der Waals surface area contributed by atoms with Crippen LogP contribution in [0.2, 0.25) is 0 Å². The van der Waals surface area contributed by atoms with Gasteiger partial charge in [0.2, 0.25) is 0 Å². The van der Waals surface area contributed by atoms with Crippen LogP contribution < -0.4 is 0 Å². The molecule has 0 aliphatic rings. The molecule has 0 rings (SSSR count). The highest BCUT2D eigenvalue weighted by Crippen LogP contribution is 1.90. The van der Waals surface area contributed by atoms with Crippen molar-refractivity contribution in [3.63, 3.8) is 0 Å². The summed E-state index contributed by atoms with van der Waals surface area (Å²) in [6.45, 7) is 4.70. The Hall–Kier alpha value is -1.14. The fraction of sp³-hybridized carbons (Fsp3) is 0.800. The smallest absolute Gasteiger partial charge is 0.302 e. The lowest BCUT2D eigenvalue weighted by atomic mass is 10.4. The Balaban J connectivity index is -0.000000201. The third kappa shape index (κ3) is 52.7. The minimum absolute atomic E-state index is 0.132. The summed E-state index contributed by atoms with van der Waals surface area (Å²) in [5, 5.41) is 7.42. The van der Waals surface area contributed by atoms with Crippen molar-refractivity contribution in [3.8, 4) is 0 Å². The Kier molecular flexibility index (Phi) is 20.7. The third-order valence-corrected chi connectivity index (χ3v) is 0.769. The van der Waals surface area contributed by atoms with Crippen LogP contribution in [0, 0.1) is 0 Å². The number of carboxylic acid groups (broad SMARTS) is 1. The van der Waals surface area contributed by atoms with Crippen molar-refractivity contribution in [1.29, 1.82) is 0 Å². The second kappa shape index (κ2) is 16.3. The van der Waals surface area contributed by atoms with Crippen LogP contribution in [-0.2, 0) is 23.8 Å². The van der Waals surface area contributed by atoms with Crippen LogP contribution in [0.1, 0.15) is 20.8 Å². The van der Waals surface area contributed by atoms with Crippen molar-refractivity contribution >= 4 is 11.9 Å². The Morgan fingerprint density at radius 2 is 1.50 bits per heavy atom. The highest BCUT2D eigenvalue weighted by molar-refractivity contribution is 5.66. The summed E-state index contributed by atoms with van der Waals surface area (Å²) in [5.74, 6) is -1.10. The summed E-state index contributed by atoms with van der Waals surface area (Å²) >= 11 is 0. The number of hydrogen-bond acceptors (Lipinski definition) is 5. The first-order chi connectivity index (χ1) is 7.31. The molecule has 6 nitrogen and oxygen atoms in total. The first kappa shape index (κ1) is 20.3.